The zero-order valence-corrected chi connectivity index (χ0v) is 48.7. The van der Waals surface area contributed by atoms with Gasteiger partial charge in [0.25, 0.3) is 7.82 Å². The molecule has 0 bridgehead atoms. The highest BCUT2D eigenvalue weighted by atomic mass is 31.2. The minimum Gasteiger partial charge on any atom is -0.756 e. The van der Waals surface area contributed by atoms with Gasteiger partial charge in [0, 0.05) is 13.0 Å². The van der Waals surface area contributed by atoms with Crippen LogP contribution >= 0.6 is 7.82 Å². The average Bonchev–Trinajstić information content (AvgIpc) is 3.35. The number of carbonyl (C=O) groups excluding carboxylic acids is 1. The summed E-state index contributed by atoms with van der Waals surface area (Å²) in [5.41, 5.74) is 0. The first-order valence-corrected chi connectivity index (χ1v) is 31.1. The van der Waals surface area contributed by atoms with Crippen molar-refractivity contribution in [2.24, 2.45) is 0 Å². The smallest absolute Gasteiger partial charge is 0.306 e. The second-order valence-corrected chi connectivity index (χ2v) is 22.0. The lowest BCUT2D eigenvalue weighted by Gasteiger charge is -2.28. The fourth-order valence-corrected chi connectivity index (χ4v) is 8.59. The summed E-state index contributed by atoms with van der Waals surface area (Å²) in [7, 11) is 1.34. The predicted octanol–water partition coefficient (Wildman–Crippen LogP) is 18.4. The standard InChI is InChI=1S/C64H112NO7P/c1-6-8-10-12-14-16-18-20-22-24-26-28-30-32-34-36-38-40-42-44-46-48-50-52-54-56-59-69-61-63(62-71-73(67,68)70-60-58-65(3,4)5)72-64(66)57-55-53-51-49-47-45-43-41-39-37-35-33-31-29-27-25-23-21-19-17-15-13-11-9-7-2/h8-11,14-17,20-23,26-29,33,35,63H,6-7,12-13,18-19,24-25,30-32,34,36-62H2,1-5H3/b10-8-,11-9-,16-14-,17-15-,22-20-,23-21-,28-26-,29-27-,35-33-. The summed E-state index contributed by atoms with van der Waals surface area (Å²) in [6.07, 6.45) is 78.4. The molecule has 0 heterocycles. The molecule has 0 aromatic carbocycles. The summed E-state index contributed by atoms with van der Waals surface area (Å²) in [4.78, 5) is 25.3. The maximum Gasteiger partial charge on any atom is 0.306 e. The number of carbonyl (C=O) groups is 1. The zero-order chi connectivity index (χ0) is 53.3. The molecule has 0 rings (SSSR count). The Labute approximate surface area is 450 Å². The van der Waals surface area contributed by atoms with Crippen molar-refractivity contribution in [3.8, 4) is 0 Å². The minimum atomic E-state index is -4.55. The molecule has 0 aromatic rings. The summed E-state index contributed by atoms with van der Waals surface area (Å²) in [6.45, 7) is 5.18. The maximum absolute atomic E-state index is 12.8. The van der Waals surface area contributed by atoms with Crippen LogP contribution in [-0.4, -0.2) is 70.7 Å². The van der Waals surface area contributed by atoms with Crippen LogP contribution in [0.5, 0.6) is 0 Å². The van der Waals surface area contributed by atoms with E-state index in [1.165, 1.54) is 116 Å². The Morgan fingerprint density at radius 1 is 0.425 bits per heavy atom. The van der Waals surface area contributed by atoms with Gasteiger partial charge in [-0.25, -0.2) is 0 Å². The zero-order valence-electron chi connectivity index (χ0n) is 47.8. The van der Waals surface area contributed by atoms with Crippen molar-refractivity contribution in [3.63, 3.8) is 0 Å². The number of rotatable bonds is 54. The first kappa shape index (κ1) is 70.2. The summed E-state index contributed by atoms with van der Waals surface area (Å²) >= 11 is 0. The van der Waals surface area contributed by atoms with Crippen molar-refractivity contribution in [2.45, 2.75) is 238 Å². The molecule has 9 heteroatoms. The van der Waals surface area contributed by atoms with Gasteiger partial charge >= 0.3 is 5.97 Å². The Balaban J connectivity index is 4.09. The van der Waals surface area contributed by atoms with Crippen LogP contribution in [0.1, 0.15) is 232 Å². The third-order valence-corrected chi connectivity index (χ3v) is 13.3. The van der Waals surface area contributed by atoms with Crippen molar-refractivity contribution < 1.29 is 37.3 Å². The van der Waals surface area contributed by atoms with Gasteiger partial charge in [-0.15, -0.1) is 0 Å². The number of phosphoric ester groups is 1. The number of hydrogen-bond acceptors (Lipinski definition) is 7. The quantitative estimate of drug-likeness (QED) is 0.0197. The summed E-state index contributed by atoms with van der Waals surface area (Å²) in [6, 6.07) is 0. The third-order valence-electron chi connectivity index (χ3n) is 12.3. The topological polar surface area (TPSA) is 94.1 Å². The van der Waals surface area contributed by atoms with Gasteiger partial charge in [0.15, 0.2) is 0 Å². The van der Waals surface area contributed by atoms with E-state index in [4.69, 9.17) is 18.5 Å². The van der Waals surface area contributed by atoms with Crippen LogP contribution in [0, 0.1) is 0 Å². The molecule has 0 N–H and O–H groups in total. The Kier molecular flexibility index (Phi) is 53.2. The number of nitrogens with zero attached hydrogens (tertiary/aromatic N) is 1. The Morgan fingerprint density at radius 2 is 0.753 bits per heavy atom. The maximum atomic E-state index is 12.8. The van der Waals surface area contributed by atoms with E-state index in [-0.39, 0.29) is 25.8 Å². The Morgan fingerprint density at radius 3 is 1.12 bits per heavy atom. The number of allylic oxidation sites excluding steroid dienone is 18. The Bertz CT molecular complexity index is 1530. The molecule has 0 fully saturated rings. The van der Waals surface area contributed by atoms with Gasteiger partial charge in [-0.2, -0.15) is 0 Å². The van der Waals surface area contributed by atoms with Gasteiger partial charge in [-0.05, 0) is 96.3 Å². The van der Waals surface area contributed by atoms with Gasteiger partial charge in [0.2, 0.25) is 0 Å². The fourth-order valence-electron chi connectivity index (χ4n) is 7.86. The van der Waals surface area contributed by atoms with E-state index in [9.17, 15) is 14.3 Å². The van der Waals surface area contributed by atoms with E-state index in [1.54, 1.807) is 0 Å². The highest BCUT2D eigenvalue weighted by Gasteiger charge is 2.20. The number of unbranched alkanes of at least 4 members (excludes halogenated alkanes) is 22. The first-order valence-electron chi connectivity index (χ1n) is 29.6. The molecule has 0 saturated heterocycles. The SMILES string of the molecule is CC/C=C\C/C=C\C/C=C\C/C=C\C/C=C\CCCCCCCCCCCC(=O)OC(COCCCCCCCCCCCCCCC/C=C\C/C=C\C/C=C\C/C=C\CC)COP(=O)([O-])OCC[N+](C)(C)C. The molecular weight excluding hydrogens is 926 g/mol. The molecule has 0 radical (unpaired) electrons. The molecule has 420 valence electrons. The van der Waals surface area contributed by atoms with E-state index in [1.807, 2.05) is 21.1 Å². The van der Waals surface area contributed by atoms with Gasteiger partial charge in [-0.3, -0.25) is 9.36 Å². The van der Waals surface area contributed by atoms with E-state index >= 15 is 0 Å². The molecule has 73 heavy (non-hydrogen) atoms. The number of ether oxygens (including phenoxy) is 2. The Hall–Kier alpha value is -2.84. The van der Waals surface area contributed by atoms with Crippen molar-refractivity contribution >= 4 is 13.8 Å². The van der Waals surface area contributed by atoms with Crippen molar-refractivity contribution in [3.05, 3.63) is 109 Å². The summed E-state index contributed by atoms with van der Waals surface area (Å²) in [5.74, 6) is -0.343. The lowest BCUT2D eigenvalue weighted by molar-refractivity contribution is -0.870. The van der Waals surface area contributed by atoms with Crippen LogP contribution in [0.2, 0.25) is 0 Å². The molecule has 0 amide bonds. The fraction of sp³-hybridized carbons (Fsp3) is 0.703. The van der Waals surface area contributed by atoms with Gasteiger partial charge in [0.1, 0.15) is 19.3 Å². The van der Waals surface area contributed by atoms with E-state index < -0.39 is 13.9 Å². The van der Waals surface area contributed by atoms with Gasteiger partial charge < -0.3 is 27.9 Å². The van der Waals surface area contributed by atoms with Crippen molar-refractivity contribution in [1.82, 2.24) is 0 Å². The van der Waals surface area contributed by atoms with E-state index in [0.29, 0.717) is 24.1 Å². The van der Waals surface area contributed by atoms with Crippen LogP contribution in [0.15, 0.2) is 109 Å². The van der Waals surface area contributed by atoms with Gasteiger partial charge in [0.05, 0.1) is 34.4 Å². The molecule has 0 aliphatic carbocycles. The monoisotopic (exact) mass is 1040 g/mol. The lowest BCUT2D eigenvalue weighted by atomic mass is 10.0. The van der Waals surface area contributed by atoms with E-state index in [2.05, 4.69) is 123 Å². The molecule has 8 nitrogen and oxygen atoms in total. The van der Waals surface area contributed by atoms with Crippen LogP contribution in [-0.2, 0) is 27.9 Å². The minimum absolute atomic E-state index is 0.0195. The molecule has 0 aliphatic rings. The lowest BCUT2D eigenvalue weighted by Crippen LogP contribution is -2.37. The number of quaternary nitrogens is 1. The molecule has 2 unspecified atom stereocenters. The van der Waals surface area contributed by atoms with Crippen LogP contribution in [0.4, 0.5) is 0 Å². The first-order chi connectivity index (χ1) is 35.6. The van der Waals surface area contributed by atoms with Crippen LogP contribution < -0.4 is 4.89 Å². The normalized spacial score (nSPS) is 14.2. The second-order valence-electron chi connectivity index (χ2n) is 20.6. The molecule has 0 spiro atoms. The third kappa shape index (κ3) is 59.9. The molecule has 0 aromatic heterocycles. The molecule has 0 aliphatic heterocycles. The van der Waals surface area contributed by atoms with Crippen molar-refractivity contribution in [2.75, 3.05) is 54.1 Å². The molecule has 0 saturated carbocycles. The van der Waals surface area contributed by atoms with E-state index in [0.717, 1.165) is 96.3 Å². The molecule has 2 atom stereocenters. The predicted molar refractivity (Wildman–Crippen MR) is 314 cm³/mol. The van der Waals surface area contributed by atoms with Crippen LogP contribution in [0.25, 0.3) is 0 Å². The average molecular weight is 1040 g/mol. The van der Waals surface area contributed by atoms with Crippen LogP contribution in [0.3, 0.4) is 0 Å². The van der Waals surface area contributed by atoms with Crippen molar-refractivity contribution in [1.29, 1.82) is 0 Å². The largest absolute Gasteiger partial charge is 0.756 e. The number of phosphoric acid groups is 1. The number of likely N-dealkylation sites (N-methyl/N-ethyl adjacent to an activating group) is 1. The summed E-state index contributed by atoms with van der Waals surface area (Å²) < 4.78 is 34.9. The molecular formula is C64H112NO7P. The highest BCUT2D eigenvalue weighted by Crippen LogP contribution is 2.38. The summed E-state index contributed by atoms with van der Waals surface area (Å²) in [5, 5.41) is 0. The number of hydrogen-bond donors (Lipinski definition) is 0. The highest BCUT2D eigenvalue weighted by molar-refractivity contribution is 7.45. The second kappa shape index (κ2) is 55.4. The number of esters is 1. The van der Waals surface area contributed by atoms with Gasteiger partial charge in [-0.1, -0.05) is 239 Å².